The van der Waals surface area contributed by atoms with Gasteiger partial charge in [0.1, 0.15) is 0 Å². The molecule has 0 aliphatic carbocycles. The molecule has 6 heteroatoms. The van der Waals surface area contributed by atoms with Gasteiger partial charge in [0, 0.05) is 0 Å². The average molecular weight is 371 g/mol. The third-order valence-electron chi connectivity index (χ3n) is 3.78. The maximum absolute atomic E-state index is 12.2. The number of nitrogens with one attached hydrogen (secondary N) is 1. The molecular weight excluding hydrogens is 352 g/mol. The Morgan fingerprint density at radius 1 is 1.23 bits per heavy atom. The van der Waals surface area contributed by atoms with Crippen LogP contribution in [0, 0.1) is 0 Å². The van der Waals surface area contributed by atoms with Gasteiger partial charge in [0.15, 0.2) is 17.3 Å². The molecule has 0 saturated carbocycles. The molecule has 26 heavy (non-hydrogen) atoms. The van der Waals surface area contributed by atoms with E-state index in [-0.39, 0.29) is 5.56 Å². The molecule has 1 aromatic heterocycles. The quantitative estimate of drug-likeness (QED) is 0.695. The van der Waals surface area contributed by atoms with Crippen molar-refractivity contribution in [1.82, 2.24) is 9.97 Å². The van der Waals surface area contributed by atoms with Crippen LogP contribution in [-0.2, 0) is 0 Å². The Morgan fingerprint density at radius 3 is 2.81 bits per heavy atom. The normalized spacial score (nSPS) is 11.6. The van der Waals surface area contributed by atoms with E-state index >= 15 is 0 Å². The largest absolute Gasteiger partial charge is 0.493 e. The molecule has 134 valence electrons. The van der Waals surface area contributed by atoms with E-state index < -0.39 is 0 Å². The fraction of sp³-hybridized carbons (Fsp3) is 0.200. The summed E-state index contributed by atoms with van der Waals surface area (Å²) in [6, 6.07) is 12.7. The summed E-state index contributed by atoms with van der Waals surface area (Å²) in [4.78, 5) is 19.3. The van der Waals surface area contributed by atoms with Gasteiger partial charge in [-0.05, 0) is 42.3 Å². The zero-order chi connectivity index (χ0) is 18.5. The molecular formula is C20H19ClN2O3. The van der Waals surface area contributed by atoms with E-state index in [1.54, 1.807) is 31.4 Å². The highest BCUT2D eigenvalue weighted by atomic mass is 35.5. The molecule has 3 aromatic rings. The summed E-state index contributed by atoms with van der Waals surface area (Å²) in [6.07, 6.45) is 2.62. The van der Waals surface area contributed by atoms with E-state index in [0.29, 0.717) is 39.9 Å². The summed E-state index contributed by atoms with van der Waals surface area (Å²) in [7, 11) is 1.60. The molecule has 2 aromatic carbocycles. The highest BCUT2D eigenvalue weighted by Gasteiger charge is 2.09. The third kappa shape index (κ3) is 3.89. The van der Waals surface area contributed by atoms with Gasteiger partial charge in [-0.15, -0.1) is 0 Å². The van der Waals surface area contributed by atoms with E-state index in [4.69, 9.17) is 21.1 Å². The lowest BCUT2D eigenvalue weighted by Crippen LogP contribution is -2.10. The summed E-state index contributed by atoms with van der Waals surface area (Å²) in [5.41, 5.74) is 1.19. The Balaban J connectivity index is 1.98. The van der Waals surface area contributed by atoms with Crippen LogP contribution in [0.2, 0.25) is 0 Å². The minimum atomic E-state index is -0.223. The van der Waals surface area contributed by atoms with Crippen LogP contribution in [-0.4, -0.2) is 23.7 Å². The van der Waals surface area contributed by atoms with Gasteiger partial charge in [0.25, 0.3) is 5.56 Å². The van der Waals surface area contributed by atoms with E-state index in [1.165, 1.54) is 0 Å². The van der Waals surface area contributed by atoms with Crippen LogP contribution in [0.15, 0.2) is 47.3 Å². The number of H-pyrrole nitrogens is 1. The molecule has 0 atom stereocenters. The van der Waals surface area contributed by atoms with Gasteiger partial charge in [0.05, 0.1) is 29.7 Å². The summed E-state index contributed by atoms with van der Waals surface area (Å²) in [6.45, 7) is 2.63. The zero-order valence-corrected chi connectivity index (χ0v) is 15.3. The number of fused-ring (bicyclic) bond motifs is 1. The third-order valence-corrected chi connectivity index (χ3v) is 4.07. The van der Waals surface area contributed by atoms with Gasteiger partial charge in [-0.25, -0.2) is 4.98 Å². The Labute approximate surface area is 156 Å². The number of aromatic amines is 1. The molecule has 1 heterocycles. The fourth-order valence-electron chi connectivity index (χ4n) is 2.52. The Hall–Kier alpha value is -2.79. The number of hydrogen-bond acceptors (Lipinski definition) is 4. The van der Waals surface area contributed by atoms with Gasteiger partial charge in [0.2, 0.25) is 0 Å². The topological polar surface area (TPSA) is 64.2 Å². The van der Waals surface area contributed by atoms with Gasteiger partial charge >= 0.3 is 0 Å². The maximum Gasteiger partial charge on any atom is 0.259 e. The van der Waals surface area contributed by atoms with Gasteiger partial charge < -0.3 is 14.5 Å². The van der Waals surface area contributed by atoms with E-state index in [9.17, 15) is 4.79 Å². The van der Waals surface area contributed by atoms with Crippen molar-refractivity contribution in [3.05, 3.63) is 64.2 Å². The highest BCUT2D eigenvalue weighted by Crippen LogP contribution is 2.30. The Kier molecular flexibility index (Phi) is 5.58. The first-order chi connectivity index (χ1) is 12.6. The number of aromatic nitrogens is 2. The lowest BCUT2D eigenvalue weighted by atomic mass is 10.2. The molecule has 0 saturated heterocycles. The molecule has 0 amide bonds. The van der Waals surface area contributed by atoms with E-state index in [2.05, 4.69) is 9.97 Å². The molecule has 0 bridgehead atoms. The first kappa shape index (κ1) is 18.0. The second-order valence-electron chi connectivity index (χ2n) is 5.68. The molecule has 0 radical (unpaired) electrons. The highest BCUT2D eigenvalue weighted by molar-refractivity contribution is 6.50. The zero-order valence-electron chi connectivity index (χ0n) is 14.6. The predicted molar refractivity (Wildman–Crippen MR) is 105 cm³/mol. The standard InChI is InChI=1S/C20H19ClN2O3/c1-3-10-26-18-12-13(8-9-17(18)25-2)11-15(21)19-22-16-7-5-4-6-14(16)20(24)23-19/h4-9,11-12H,3,10H2,1-2H3,(H,22,23,24)/b15-11-. The molecule has 1 N–H and O–H groups in total. The van der Waals surface area contributed by atoms with Crippen molar-refractivity contribution < 1.29 is 9.47 Å². The van der Waals surface area contributed by atoms with Gasteiger partial charge in [-0.1, -0.05) is 36.7 Å². The summed E-state index contributed by atoms with van der Waals surface area (Å²) < 4.78 is 11.0. The monoisotopic (exact) mass is 370 g/mol. The number of methoxy groups -OCH3 is 1. The SMILES string of the molecule is CCCOc1cc(/C=C(\Cl)c2nc3ccccc3c(=O)[nH]2)ccc1OC. The van der Waals surface area contributed by atoms with Crippen LogP contribution in [0.3, 0.4) is 0 Å². The number of ether oxygens (including phenoxy) is 2. The van der Waals surface area contributed by atoms with Crippen molar-refractivity contribution >= 4 is 33.6 Å². The smallest absolute Gasteiger partial charge is 0.259 e. The predicted octanol–water partition coefficient (Wildman–Crippen LogP) is 4.46. The number of halogens is 1. The van der Waals surface area contributed by atoms with E-state index in [0.717, 1.165) is 12.0 Å². The first-order valence-electron chi connectivity index (χ1n) is 8.30. The number of hydrogen-bond donors (Lipinski definition) is 1. The van der Waals surface area contributed by atoms with Crippen LogP contribution in [0.4, 0.5) is 0 Å². The molecule has 5 nitrogen and oxygen atoms in total. The van der Waals surface area contributed by atoms with Crippen molar-refractivity contribution in [3.8, 4) is 11.5 Å². The molecule has 0 unspecified atom stereocenters. The second-order valence-corrected chi connectivity index (χ2v) is 6.09. The van der Waals surface area contributed by atoms with Crippen LogP contribution in [0.25, 0.3) is 22.0 Å². The molecule has 0 spiro atoms. The van der Waals surface area contributed by atoms with Crippen LogP contribution in [0.5, 0.6) is 11.5 Å². The van der Waals surface area contributed by atoms with Crippen molar-refractivity contribution in [3.63, 3.8) is 0 Å². The summed E-state index contributed by atoms with van der Waals surface area (Å²) in [5, 5.41) is 0.861. The number of nitrogens with zero attached hydrogens (tertiary/aromatic N) is 1. The average Bonchev–Trinajstić information content (AvgIpc) is 2.66. The Bertz CT molecular complexity index is 1010. The summed E-state index contributed by atoms with van der Waals surface area (Å²) in [5.74, 6) is 1.62. The van der Waals surface area contributed by atoms with Crippen LogP contribution in [0.1, 0.15) is 24.7 Å². The van der Waals surface area contributed by atoms with Crippen LogP contribution >= 0.6 is 11.6 Å². The van der Waals surface area contributed by atoms with Crippen LogP contribution < -0.4 is 15.0 Å². The van der Waals surface area contributed by atoms with Crippen molar-refractivity contribution in [2.24, 2.45) is 0 Å². The minimum absolute atomic E-state index is 0.223. The van der Waals surface area contributed by atoms with Gasteiger partial charge in [-0.2, -0.15) is 0 Å². The van der Waals surface area contributed by atoms with Gasteiger partial charge in [-0.3, -0.25) is 4.79 Å². The molecule has 3 rings (SSSR count). The summed E-state index contributed by atoms with van der Waals surface area (Å²) >= 11 is 6.40. The molecule has 0 aliphatic rings. The molecule has 0 fully saturated rings. The number of benzene rings is 2. The van der Waals surface area contributed by atoms with Crippen molar-refractivity contribution in [1.29, 1.82) is 0 Å². The Morgan fingerprint density at radius 2 is 2.04 bits per heavy atom. The lowest BCUT2D eigenvalue weighted by molar-refractivity contribution is 0.294. The first-order valence-corrected chi connectivity index (χ1v) is 8.67. The van der Waals surface area contributed by atoms with Crippen molar-refractivity contribution in [2.75, 3.05) is 13.7 Å². The lowest BCUT2D eigenvalue weighted by Gasteiger charge is -2.11. The molecule has 0 aliphatic heterocycles. The van der Waals surface area contributed by atoms with Crippen molar-refractivity contribution in [2.45, 2.75) is 13.3 Å². The second kappa shape index (κ2) is 8.06. The number of rotatable bonds is 6. The van der Waals surface area contributed by atoms with E-state index in [1.807, 2.05) is 31.2 Å². The fourth-order valence-corrected chi connectivity index (χ4v) is 2.74. The minimum Gasteiger partial charge on any atom is -0.493 e. The maximum atomic E-state index is 12.2. The number of para-hydroxylation sites is 1.